The van der Waals surface area contributed by atoms with Gasteiger partial charge in [-0.15, -0.1) is 6.58 Å². The molecule has 0 amide bonds. The molecule has 1 aliphatic rings. The van der Waals surface area contributed by atoms with Crippen molar-refractivity contribution < 1.29 is 0 Å². The summed E-state index contributed by atoms with van der Waals surface area (Å²) in [4.78, 5) is 0. The lowest BCUT2D eigenvalue weighted by molar-refractivity contribution is 0.155. The van der Waals surface area contributed by atoms with Crippen molar-refractivity contribution in [1.29, 1.82) is 0 Å². The van der Waals surface area contributed by atoms with E-state index in [4.69, 9.17) is 0 Å². The monoisotopic (exact) mass is 195 g/mol. The van der Waals surface area contributed by atoms with Crippen LogP contribution in [0.1, 0.15) is 46.0 Å². The van der Waals surface area contributed by atoms with Crippen LogP contribution in [0, 0.1) is 11.8 Å². The minimum atomic E-state index is 0.643. The number of hydrogen-bond donors (Lipinski definition) is 1. The van der Waals surface area contributed by atoms with Gasteiger partial charge < -0.3 is 5.32 Å². The first-order chi connectivity index (χ1) is 6.74. The molecule has 1 aliphatic carbocycles. The Balaban J connectivity index is 2.06. The zero-order chi connectivity index (χ0) is 10.4. The average molecular weight is 195 g/mol. The van der Waals surface area contributed by atoms with Gasteiger partial charge in [-0.2, -0.15) is 0 Å². The molecule has 1 nitrogen and oxygen atoms in total. The molecule has 0 heterocycles. The van der Waals surface area contributed by atoms with E-state index in [1.165, 1.54) is 38.6 Å². The minimum absolute atomic E-state index is 0.643. The summed E-state index contributed by atoms with van der Waals surface area (Å²) in [6, 6.07) is 0.643. The van der Waals surface area contributed by atoms with Crippen LogP contribution in [-0.2, 0) is 0 Å². The standard InChI is InChI=1S/C13H25N/c1-4-5-6-7-12-8-9-13(12)10-14-11(2)3/h4,11-14H,1,5-10H2,2-3H3. The SMILES string of the molecule is C=CCCCC1CCC1CNC(C)C. The quantitative estimate of drug-likeness (QED) is 0.485. The smallest absolute Gasteiger partial charge is 0.00104 e. The summed E-state index contributed by atoms with van der Waals surface area (Å²) >= 11 is 0. The second kappa shape index (κ2) is 6.23. The van der Waals surface area contributed by atoms with Crippen LogP contribution < -0.4 is 5.32 Å². The third kappa shape index (κ3) is 3.83. The molecule has 1 N–H and O–H groups in total. The Morgan fingerprint density at radius 3 is 2.57 bits per heavy atom. The van der Waals surface area contributed by atoms with Gasteiger partial charge in [0.1, 0.15) is 0 Å². The lowest BCUT2D eigenvalue weighted by Gasteiger charge is -2.37. The number of unbranched alkanes of at least 4 members (excludes halogenated alkanes) is 1. The Labute approximate surface area is 89.0 Å². The van der Waals surface area contributed by atoms with Crippen molar-refractivity contribution in [1.82, 2.24) is 5.32 Å². The highest BCUT2D eigenvalue weighted by Gasteiger charge is 2.29. The van der Waals surface area contributed by atoms with Gasteiger partial charge in [0.2, 0.25) is 0 Å². The van der Waals surface area contributed by atoms with Crippen molar-refractivity contribution in [2.75, 3.05) is 6.54 Å². The van der Waals surface area contributed by atoms with E-state index in [9.17, 15) is 0 Å². The van der Waals surface area contributed by atoms with Gasteiger partial charge >= 0.3 is 0 Å². The molecule has 2 unspecified atom stereocenters. The van der Waals surface area contributed by atoms with Crippen LogP contribution >= 0.6 is 0 Å². The van der Waals surface area contributed by atoms with Crippen molar-refractivity contribution in [2.45, 2.75) is 52.0 Å². The Kier molecular flexibility index (Phi) is 5.24. The predicted molar refractivity (Wildman–Crippen MR) is 63.4 cm³/mol. The van der Waals surface area contributed by atoms with Crippen LogP contribution in [0.2, 0.25) is 0 Å². The molecule has 82 valence electrons. The molecule has 0 aromatic carbocycles. The van der Waals surface area contributed by atoms with Gasteiger partial charge in [-0.05, 0) is 50.5 Å². The molecule has 2 atom stereocenters. The number of nitrogens with one attached hydrogen (secondary N) is 1. The number of rotatable bonds is 7. The van der Waals surface area contributed by atoms with E-state index in [0.717, 1.165) is 11.8 Å². The molecule has 0 aromatic heterocycles. The van der Waals surface area contributed by atoms with Gasteiger partial charge in [-0.1, -0.05) is 19.9 Å². The molecule has 0 bridgehead atoms. The van der Waals surface area contributed by atoms with Gasteiger partial charge in [0, 0.05) is 6.04 Å². The van der Waals surface area contributed by atoms with Gasteiger partial charge in [0.05, 0.1) is 0 Å². The fourth-order valence-electron chi connectivity index (χ4n) is 2.20. The molecule has 1 saturated carbocycles. The summed E-state index contributed by atoms with van der Waals surface area (Å²) in [5.41, 5.74) is 0. The van der Waals surface area contributed by atoms with E-state index in [1.807, 2.05) is 6.08 Å². The van der Waals surface area contributed by atoms with Crippen LogP contribution in [0.4, 0.5) is 0 Å². The molecule has 1 rings (SSSR count). The van der Waals surface area contributed by atoms with Crippen molar-refractivity contribution >= 4 is 0 Å². The van der Waals surface area contributed by atoms with Gasteiger partial charge in [-0.3, -0.25) is 0 Å². The lowest BCUT2D eigenvalue weighted by Crippen LogP contribution is -2.37. The molecule has 0 aromatic rings. The maximum Gasteiger partial charge on any atom is 0.00104 e. The van der Waals surface area contributed by atoms with E-state index >= 15 is 0 Å². The molecule has 0 radical (unpaired) electrons. The van der Waals surface area contributed by atoms with Crippen molar-refractivity contribution in [3.8, 4) is 0 Å². The Bertz CT molecular complexity index is 163. The fourth-order valence-corrected chi connectivity index (χ4v) is 2.20. The van der Waals surface area contributed by atoms with Crippen LogP contribution in [0.25, 0.3) is 0 Å². The highest BCUT2D eigenvalue weighted by molar-refractivity contribution is 4.83. The summed E-state index contributed by atoms with van der Waals surface area (Å²) in [6.45, 7) is 9.46. The molecule has 1 heteroatoms. The lowest BCUT2D eigenvalue weighted by atomic mass is 9.71. The van der Waals surface area contributed by atoms with Gasteiger partial charge in [0.25, 0.3) is 0 Å². The van der Waals surface area contributed by atoms with Crippen LogP contribution in [0.5, 0.6) is 0 Å². The number of allylic oxidation sites excluding steroid dienone is 1. The van der Waals surface area contributed by atoms with Crippen LogP contribution in [-0.4, -0.2) is 12.6 Å². The van der Waals surface area contributed by atoms with E-state index in [1.54, 1.807) is 0 Å². The fraction of sp³-hybridized carbons (Fsp3) is 0.846. The van der Waals surface area contributed by atoms with Crippen molar-refractivity contribution in [2.24, 2.45) is 11.8 Å². The summed E-state index contributed by atoms with van der Waals surface area (Å²) in [7, 11) is 0. The van der Waals surface area contributed by atoms with Gasteiger partial charge in [-0.25, -0.2) is 0 Å². The van der Waals surface area contributed by atoms with Gasteiger partial charge in [0.15, 0.2) is 0 Å². The van der Waals surface area contributed by atoms with Crippen molar-refractivity contribution in [3.05, 3.63) is 12.7 Å². The molecule has 0 spiro atoms. The third-order valence-electron chi connectivity index (χ3n) is 3.35. The molecule has 14 heavy (non-hydrogen) atoms. The minimum Gasteiger partial charge on any atom is -0.314 e. The maximum atomic E-state index is 3.77. The summed E-state index contributed by atoms with van der Waals surface area (Å²) < 4.78 is 0. The third-order valence-corrected chi connectivity index (χ3v) is 3.35. The summed E-state index contributed by atoms with van der Waals surface area (Å²) in [6.07, 6.45) is 8.89. The molecule has 0 aliphatic heterocycles. The van der Waals surface area contributed by atoms with Crippen LogP contribution in [0.3, 0.4) is 0 Å². The first-order valence-corrected chi connectivity index (χ1v) is 6.08. The second-order valence-corrected chi connectivity index (χ2v) is 4.88. The zero-order valence-corrected chi connectivity index (χ0v) is 9.76. The maximum absolute atomic E-state index is 3.77. The topological polar surface area (TPSA) is 12.0 Å². The second-order valence-electron chi connectivity index (χ2n) is 4.88. The van der Waals surface area contributed by atoms with E-state index in [2.05, 4.69) is 25.7 Å². The van der Waals surface area contributed by atoms with Crippen molar-refractivity contribution in [3.63, 3.8) is 0 Å². The summed E-state index contributed by atoms with van der Waals surface area (Å²) in [5.74, 6) is 1.96. The average Bonchev–Trinajstić information content (AvgIpc) is 2.10. The Morgan fingerprint density at radius 1 is 1.36 bits per heavy atom. The molecular formula is C13H25N. The summed E-state index contributed by atoms with van der Waals surface area (Å²) in [5, 5.41) is 3.55. The van der Waals surface area contributed by atoms with E-state index < -0.39 is 0 Å². The Hall–Kier alpha value is -0.300. The normalized spacial score (nSPS) is 26.2. The largest absolute Gasteiger partial charge is 0.314 e. The Morgan fingerprint density at radius 2 is 2.07 bits per heavy atom. The highest BCUT2D eigenvalue weighted by Crippen LogP contribution is 2.37. The van der Waals surface area contributed by atoms with Crippen LogP contribution in [0.15, 0.2) is 12.7 Å². The number of hydrogen-bond acceptors (Lipinski definition) is 1. The molecular weight excluding hydrogens is 170 g/mol. The molecule has 1 fully saturated rings. The first-order valence-electron chi connectivity index (χ1n) is 6.08. The first kappa shape index (κ1) is 11.8. The van der Waals surface area contributed by atoms with E-state index in [0.29, 0.717) is 6.04 Å². The molecule has 0 saturated heterocycles. The zero-order valence-electron chi connectivity index (χ0n) is 9.76. The van der Waals surface area contributed by atoms with E-state index in [-0.39, 0.29) is 0 Å². The highest BCUT2D eigenvalue weighted by atomic mass is 14.9. The predicted octanol–water partition coefficient (Wildman–Crippen LogP) is 3.37.